The third-order valence-electron chi connectivity index (χ3n) is 4.71. The molecule has 1 aliphatic carbocycles. The number of benzene rings is 1. The smallest absolute Gasteiger partial charge is 0.253 e. The Labute approximate surface area is 131 Å². The first-order valence-corrected chi connectivity index (χ1v) is 8.44. The van der Waals surface area contributed by atoms with Crippen LogP contribution in [0.25, 0.3) is 0 Å². The van der Waals surface area contributed by atoms with Crippen molar-refractivity contribution in [3.63, 3.8) is 0 Å². The molecule has 0 atom stereocenters. The van der Waals surface area contributed by atoms with Crippen LogP contribution in [0.4, 0.5) is 0 Å². The highest BCUT2D eigenvalue weighted by atomic mass is 16.2. The van der Waals surface area contributed by atoms with E-state index in [1.807, 2.05) is 4.90 Å². The Morgan fingerprint density at radius 2 is 1.64 bits per heavy atom. The Hall–Kier alpha value is -1.84. The summed E-state index contributed by atoms with van der Waals surface area (Å²) in [6.07, 6.45) is 7.94. The van der Waals surface area contributed by atoms with Crippen molar-refractivity contribution in [3.8, 4) is 0 Å². The van der Waals surface area contributed by atoms with Gasteiger partial charge in [-0.05, 0) is 43.9 Å². The monoisotopic (exact) mass is 300 g/mol. The van der Waals surface area contributed by atoms with Gasteiger partial charge in [0.1, 0.15) is 0 Å². The van der Waals surface area contributed by atoms with Crippen LogP contribution in [0.5, 0.6) is 0 Å². The first-order valence-electron chi connectivity index (χ1n) is 8.44. The minimum absolute atomic E-state index is 0.0461. The predicted molar refractivity (Wildman–Crippen MR) is 85.9 cm³/mol. The molecule has 1 aliphatic heterocycles. The average Bonchev–Trinajstić information content (AvgIpc) is 3.09. The molecule has 22 heavy (non-hydrogen) atoms. The highest BCUT2D eigenvalue weighted by Crippen LogP contribution is 2.18. The van der Waals surface area contributed by atoms with Crippen LogP contribution < -0.4 is 5.32 Å². The summed E-state index contributed by atoms with van der Waals surface area (Å²) in [4.78, 5) is 26.7. The van der Waals surface area contributed by atoms with Crippen LogP contribution in [0, 0.1) is 0 Å². The third kappa shape index (κ3) is 3.49. The van der Waals surface area contributed by atoms with Crippen LogP contribution in [0.1, 0.15) is 65.7 Å². The summed E-state index contributed by atoms with van der Waals surface area (Å²) in [5.41, 5.74) is 1.22. The molecular formula is C18H24N2O2. The van der Waals surface area contributed by atoms with E-state index in [9.17, 15) is 9.59 Å². The van der Waals surface area contributed by atoms with Gasteiger partial charge in [-0.1, -0.05) is 25.3 Å². The van der Waals surface area contributed by atoms with Crippen molar-refractivity contribution in [2.75, 3.05) is 13.1 Å². The molecule has 0 aromatic heterocycles. The normalized spacial score (nSPS) is 19.2. The van der Waals surface area contributed by atoms with Gasteiger partial charge in [-0.3, -0.25) is 9.59 Å². The molecule has 1 aromatic rings. The van der Waals surface area contributed by atoms with Gasteiger partial charge in [0.05, 0.1) is 0 Å². The Morgan fingerprint density at radius 3 is 2.36 bits per heavy atom. The van der Waals surface area contributed by atoms with E-state index in [-0.39, 0.29) is 11.8 Å². The molecule has 4 heteroatoms. The molecular weight excluding hydrogens is 276 g/mol. The molecule has 0 unspecified atom stereocenters. The molecule has 3 rings (SSSR count). The molecule has 1 saturated carbocycles. The Kier molecular flexibility index (Phi) is 4.76. The highest BCUT2D eigenvalue weighted by molar-refractivity contribution is 5.99. The SMILES string of the molecule is O=C(NC1CCCCC1)c1cccc(C(=O)N2CCCC2)c1. The zero-order valence-corrected chi connectivity index (χ0v) is 13.0. The van der Waals surface area contributed by atoms with Crippen molar-refractivity contribution in [1.82, 2.24) is 10.2 Å². The van der Waals surface area contributed by atoms with E-state index in [4.69, 9.17) is 0 Å². The first-order chi connectivity index (χ1) is 10.7. The lowest BCUT2D eigenvalue weighted by Crippen LogP contribution is -2.36. The number of rotatable bonds is 3. The Morgan fingerprint density at radius 1 is 0.955 bits per heavy atom. The summed E-state index contributed by atoms with van der Waals surface area (Å²) in [6, 6.07) is 7.42. The van der Waals surface area contributed by atoms with Crippen LogP contribution in [0.3, 0.4) is 0 Å². The minimum Gasteiger partial charge on any atom is -0.349 e. The molecule has 2 amide bonds. The van der Waals surface area contributed by atoms with Crippen LogP contribution in [0.2, 0.25) is 0 Å². The maximum Gasteiger partial charge on any atom is 0.253 e. The molecule has 0 bridgehead atoms. The van der Waals surface area contributed by atoms with Crippen molar-refractivity contribution < 1.29 is 9.59 Å². The molecule has 4 nitrogen and oxygen atoms in total. The van der Waals surface area contributed by atoms with Gasteiger partial charge < -0.3 is 10.2 Å². The number of amides is 2. The Bertz CT molecular complexity index is 544. The second kappa shape index (κ2) is 6.95. The van der Waals surface area contributed by atoms with Gasteiger partial charge in [-0.2, -0.15) is 0 Å². The zero-order chi connectivity index (χ0) is 15.4. The maximum atomic E-state index is 12.4. The van der Waals surface area contributed by atoms with E-state index in [1.54, 1.807) is 24.3 Å². The summed E-state index contributed by atoms with van der Waals surface area (Å²) < 4.78 is 0. The molecule has 1 aromatic carbocycles. The molecule has 1 N–H and O–H groups in total. The van der Waals surface area contributed by atoms with Crippen LogP contribution in [0.15, 0.2) is 24.3 Å². The number of nitrogens with one attached hydrogen (secondary N) is 1. The molecule has 2 fully saturated rings. The summed E-state index contributed by atoms with van der Waals surface area (Å²) >= 11 is 0. The van der Waals surface area contributed by atoms with Crippen molar-refractivity contribution in [3.05, 3.63) is 35.4 Å². The number of hydrogen-bond donors (Lipinski definition) is 1. The fourth-order valence-electron chi connectivity index (χ4n) is 3.41. The van der Waals surface area contributed by atoms with Gasteiger partial charge in [0.25, 0.3) is 11.8 Å². The van der Waals surface area contributed by atoms with Crippen molar-refractivity contribution >= 4 is 11.8 Å². The highest BCUT2D eigenvalue weighted by Gasteiger charge is 2.21. The average molecular weight is 300 g/mol. The molecule has 2 aliphatic rings. The first kappa shape index (κ1) is 15.1. The Balaban J connectivity index is 1.67. The van der Waals surface area contributed by atoms with E-state index in [2.05, 4.69) is 5.32 Å². The van der Waals surface area contributed by atoms with Gasteiger partial charge in [-0.15, -0.1) is 0 Å². The topological polar surface area (TPSA) is 49.4 Å². The van der Waals surface area contributed by atoms with Crippen LogP contribution in [-0.2, 0) is 0 Å². The van der Waals surface area contributed by atoms with Crippen LogP contribution in [-0.4, -0.2) is 35.8 Å². The van der Waals surface area contributed by atoms with E-state index < -0.39 is 0 Å². The maximum absolute atomic E-state index is 12.4. The molecule has 1 heterocycles. The fourth-order valence-corrected chi connectivity index (χ4v) is 3.41. The van der Waals surface area contributed by atoms with Crippen molar-refractivity contribution in [1.29, 1.82) is 0 Å². The predicted octanol–water partition coefficient (Wildman–Crippen LogP) is 2.99. The fraction of sp³-hybridized carbons (Fsp3) is 0.556. The van der Waals surface area contributed by atoms with Crippen molar-refractivity contribution in [2.45, 2.75) is 51.0 Å². The van der Waals surface area contributed by atoms with Crippen molar-refractivity contribution in [2.24, 2.45) is 0 Å². The van der Waals surface area contributed by atoms with Gasteiger partial charge in [0.15, 0.2) is 0 Å². The lowest BCUT2D eigenvalue weighted by Gasteiger charge is -2.23. The van der Waals surface area contributed by atoms with E-state index in [0.29, 0.717) is 17.2 Å². The van der Waals surface area contributed by atoms with Gasteiger partial charge in [0, 0.05) is 30.3 Å². The minimum atomic E-state index is -0.0528. The van der Waals surface area contributed by atoms with E-state index in [0.717, 1.165) is 38.8 Å². The summed E-state index contributed by atoms with van der Waals surface area (Å²) in [7, 11) is 0. The van der Waals surface area contributed by atoms with Gasteiger partial charge in [0.2, 0.25) is 0 Å². The quantitative estimate of drug-likeness (QED) is 0.933. The van der Waals surface area contributed by atoms with Gasteiger partial charge in [-0.25, -0.2) is 0 Å². The number of carbonyl (C=O) groups is 2. The molecule has 0 radical (unpaired) electrons. The van der Waals surface area contributed by atoms with Gasteiger partial charge >= 0.3 is 0 Å². The lowest BCUT2D eigenvalue weighted by molar-refractivity contribution is 0.0793. The third-order valence-corrected chi connectivity index (χ3v) is 4.71. The number of carbonyl (C=O) groups excluding carboxylic acids is 2. The molecule has 0 spiro atoms. The lowest BCUT2D eigenvalue weighted by atomic mass is 9.95. The van der Waals surface area contributed by atoms with Crippen LogP contribution >= 0.6 is 0 Å². The van der Waals surface area contributed by atoms with E-state index >= 15 is 0 Å². The summed E-state index contributed by atoms with van der Waals surface area (Å²) in [5.74, 6) is -0.00668. The standard InChI is InChI=1S/C18H24N2O2/c21-17(19-16-9-2-1-3-10-16)14-7-6-8-15(13-14)18(22)20-11-4-5-12-20/h6-8,13,16H,1-5,9-12H2,(H,19,21). The zero-order valence-electron chi connectivity index (χ0n) is 13.0. The second-order valence-corrected chi connectivity index (χ2v) is 6.39. The number of nitrogens with zero attached hydrogens (tertiary/aromatic N) is 1. The molecule has 118 valence electrons. The van der Waals surface area contributed by atoms with E-state index in [1.165, 1.54) is 19.3 Å². The summed E-state index contributed by atoms with van der Waals surface area (Å²) in [5, 5.41) is 3.11. The largest absolute Gasteiger partial charge is 0.349 e. The summed E-state index contributed by atoms with van der Waals surface area (Å²) in [6.45, 7) is 1.66. The second-order valence-electron chi connectivity index (χ2n) is 6.39. The molecule has 1 saturated heterocycles. The number of hydrogen-bond acceptors (Lipinski definition) is 2. The number of likely N-dealkylation sites (tertiary alicyclic amines) is 1.